The summed E-state index contributed by atoms with van der Waals surface area (Å²) < 4.78 is 6.72. The molecule has 2 aromatic heterocycles. The molecule has 0 atom stereocenters. The van der Waals surface area contributed by atoms with Gasteiger partial charge in [-0.05, 0) is 54.1 Å². The number of carbonyl (C=O) groups is 2. The first kappa shape index (κ1) is 33.2. The van der Waals surface area contributed by atoms with Crippen molar-refractivity contribution in [1.82, 2.24) is 9.97 Å². The molecule has 260 valence electrons. The first-order valence-electron chi connectivity index (χ1n) is 16.5. The van der Waals surface area contributed by atoms with Crippen molar-refractivity contribution in [2.75, 3.05) is 16.4 Å². The summed E-state index contributed by atoms with van der Waals surface area (Å²) in [5.41, 5.74) is 11.2. The molecule has 0 bridgehead atoms. The molecule has 2 aliphatic rings. The van der Waals surface area contributed by atoms with Crippen LogP contribution in [0.25, 0.3) is 55.2 Å². The van der Waals surface area contributed by atoms with E-state index in [1.165, 1.54) is 18.2 Å². The maximum atomic E-state index is 13.9. The van der Waals surface area contributed by atoms with E-state index in [1.54, 1.807) is 60.8 Å². The third-order valence-corrected chi connectivity index (χ3v) is 9.51. The van der Waals surface area contributed by atoms with Crippen LogP contribution in [0.2, 0.25) is 5.02 Å². The second kappa shape index (κ2) is 13.3. The van der Waals surface area contributed by atoms with Gasteiger partial charge in [0.25, 0.3) is 0 Å². The summed E-state index contributed by atoms with van der Waals surface area (Å²) in [5, 5.41) is 28.6. The molecule has 0 saturated carbocycles. The molecular formula is C41H28ClN5O6. The molecule has 0 amide bonds. The molecule has 6 N–H and O–H groups in total. The Morgan fingerprint density at radius 1 is 0.755 bits per heavy atom. The van der Waals surface area contributed by atoms with Crippen molar-refractivity contribution < 1.29 is 24.2 Å². The molecule has 0 fully saturated rings. The number of hydrogen-bond acceptors (Lipinski definition) is 9. The molecule has 3 heterocycles. The second-order valence-corrected chi connectivity index (χ2v) is 12.8. The van der Waals surface area contributed by atoms with E-state index in [1.807, 2.05) is 30.3 Å². The lowest BCUT2D eigenvalue weighted by Crippen LogP contribution is -2.17. The number of nitrogens with zero attached hydrogens (tertiary/aromatic N) is 2. The van der Waals surface area contributed by atoms with E-state index in [0.29, 0.717) is 55.5 Å². The number of nitrogens with one attached hydrogen (secondary N) is 2. The number of para-hydroxylation sites is 2. The van der Waals surface area contributed by atoms with Gasteiger partial charge in [0.15, 0.2) is 0 Å². The zero-order valence-corrected chi connectivity index (χ0v) is 28.4. The van der Waals surface area contributed by atoms with E-state index in [4.69, 9.17) is 21.8 Å². The highest BCUT2D eigenvalue weighted by Crippen LogP contribution is 2.45. The number of benzene rings is 5. The van der Waals surface area contributed by atoms with Gasteiger partial charge in [0.2, 0.25) is 5.43 Å². The minimum absolute atomic E-state index is 0.0395. The van der Waals surface area contributed by atoms with Crippen LogP contribution in [0.15, 0.2) is 119 Å². The molecule has 0 spiro atoms. The summed E-state index contributed by atoms with van der Waals surface area (Å²) in [6.07, 6.45) is 1.72. The minimum atomic E-state index is -1.18. The molecule has 6 aromatic rings. The van der Waals surface area contributed by atoms with Gasteiger partial charge in [-0.25, -0.2) is 14.6 Å². The summed E-state index contributed by atoms with van der Waals surface area (Å²) in [6, 6.07) is 29.6. The maximum Gasteiger partial charge on any atom is 0.354 e. The van der Waals surface area contributed by atoms with E-state index < -0.39 is 17.4 Å². The largest absolute Gasteiger partial charge is 0.478 e. The zero-order chi connectivity index (χ0) is 36.8. The van der Waals surface area contributed by atoms with E-state index in [-0.39, 0.29) is 40.7 Å². The van der Waals surface area contributed by atoms with E-state index in [9.17, 15) is 24.6 Å². The molecule has 0 radical (unpaired) electrons. The van der Waals surface area contributed by atoms with Gasteiger partial charge in [-0.15, -0.1) is 0 Å². The van der Waals surface area contributed by atoms with Gasteiger partial charge in [0.05, 0.1) is 38.6 Å². The number of rotatable bonds is 9. The average molecular weight is 722 g/mol. The number of hydrogen-bond donors (Lipinski definition) is 5. The molecule has 53 heavy (non-hydrogen) atoms. The first-order valence-corrected chi connectivity index (χ1v) is 16.8. The van der Waals surface area contributed by atoms with E-state index in [0.717, 1.165) is 16.6 Å². The van der Waals surface area contributed by atoms with Crippen LogP contribution in [-0.4, -0.2) is 32.1 Å². The fourth-order valence-electron chi connectivity index (χ4n) is 6.72. The predicted octanol–water partition coefficient (Wildman–Crippen LogP) is 8.52. The summed E-state index contributed by atoms with van der Waals surface area (Å²) >= 11 is 6.65. The van der Waals surface area contributed by atoms with Crippen LogP contribution in [0.5, 0.6) is 0 Å². The van der Waals surface area contributed by atoms with Crippen LogP contribution < -0.4 is 21.8 Å². The zero-order valence-electron chi connectivity index (χ0n) is 27.7. The number of nitrogens with two attached hydrogens (primary N) is 1. The minimum Gasteiger partial charge on any atom is -0.478 e. The first-order chi connectivity index (χ1) is 25.7. The summed E-state index contributed by atoms with van der Waals surface area (Å²) in [4.78, 5) is 47.1. The van der Waals surface area contributed by atoms with Crippen molar-refractivity contribution in [3.05, 3.63) is 147 Å². The van der Waals surface area contributed by atoms with Crippen LogP contribution in [0.4, 0.5) is 17.1 Å². The quantitative estimate of drug-likeness (QED) is 0.0712. The lowest BCUT2D eigenvalue weighted by molar-refractivity contribution is 0.0683. The molecule has 4 aromatic carbocycles. The molecular weight excluding hydrogens is 694 g/mol. The lowest BCUT2D eigenvalue weighted by Gasteiger charge is -2.22. The Morgan fingerprint density at radius 2 is 1.45 bits per heavy atom. The van der Waals surface area contributed by atoms with Crippen LogP contribution in [0.1, 0.15) is 32.0 Å². The highest BCUT2D eigenvalue weighted by molar-refractivity contribution is 6.31. The lowest BCUT2D eigenvalue weighted by atomic mass is 9.88. The van der Waals surface area contributed by atoms with E-state index in [2.05, 4.69) is 20.6 Å². The van der Waals surface area contributed by atoms with E-state index >= 15 is 0 Å². The van der Waals surface area contributed by atoms with Crippen molar-refractivity contribution in [2.24, 2.45) is 0 Å². The predicted molar refractivity (Wildman–Crippen MR) is 206 cm³/mol. The van der Waals surface area contributed by atoms with Gasteiger partial charge in [-0.1, -0.05) is 66.2 Å². The van der Waals surface area contributed by atoms with Gasteiger partial charge in [-0.3, -0.25) is 9.78 Å². The van der Waals surface area contributed by atoms with Crippen LogP contribution in [0.3, 0.4) is 0 Å². The van der Waals surface area contributed by atoms with Crippen molar-refractivity contribution in [3.8, 4) is 22.5 Å². The number of fused-ring (bicyclic) bond motifs is 4. The van der Waals surface area contributed by atoms with Crippen molar-refractivity contribution in [2.45, 2.75) is 13.1 Å². The fourth-order valence-corrected chi connectivity index (χ4v) is 6.94. The standard InChI is InChI=1S/C41H28ClN5O6/c42-29-18-26-34(23-9-1-2-10-24(23)40(49)50)25-14-15-30(43)27(19-45-31-11-3-6-21-8-5-17-44-35(21)31)38(25)53-39(26)28(37(29)48)20-46-32-12-4-7-22-13-16-33(41(51)52)47-36(22)32/h1-18,45-46H,19-20,43H2,(H,49,50)(H,51,52). The molecule has 12 heteroatoms. The number of halogens is 1. The third-order valence-electron chi connectivity index (χ3n) is 9.23. The van der Waals surface area contributed by atoms with Crippen molar-refractivity contribution in [1.29, 1.82) is 0 Å². The van der Waals surface area contributed by atoms with Crippen LogP contribution in [0, 0.1) is 0 Å². The SMILES string of the molecule is Nc1ccc2c(-c3ccccc3C(=O)O)c3cc(Cl)c(=O)c(CNc4cccc5ccc(C(=O)O)nc45)c-3oc2c1CNc1cccc2cccnc12. The van der Waals surface area contributed by atoms with Gasteiger partial charge in [0, 0.05) is 57.8 Å². The normalized spacial score (nSPS) is 11.3. The van der Waals surface area contributed by atoms with Gasteiger partial charge in [-0.2, -0.15) is 0 Å². The highest BCUT2D eigenvalue weighted by Gasteiger charge is 2.28. The topological polar surface area (TPSA) is 181 Å². The number of anilines is 3. The smallest absolute Gasteiger partial charge is 0.354 e. The second-order valence-electron chi connectivity index (χ2n) is 12.3. The Morgan fingerprint density at radius 3 is 2.21 bits per heavy atom. The summed E-state index contributed by atoms with van der Waals surface area (Å²) in [6.45, 7) is 0.105. The van der Waals surface area contributed by atoms with Crippen molar-refractivity contribution >= 4 is 73.4 Å². The number of nitrogen functional groups attached to an aromatic ring is 1. The number of aromatic nitrogens is 2. The summed E-state index contributed by atoms with van der Waals surface area (Å²) in [5.74, 6) is -2.14. The summed E-state index contributed by atoms with van der Waals surface area (Å²) in [7, 11) is 0. The molecule has 8 rings (SSSR count). The van der Waals surface area contributed by atoms with Gasteiger partial charge < -0.3 is 31.0 Å². The Kier molecular flexibility index (Phi) is 8.32. The highest BCUT2D eigenvalue weighted by atomic mass is 35.5. The molecule has 0 unspecified atom stereocenters. The number of carboxylic acids is 2. The number of pyridine rings is 2. The number of aromatic carboxylic acids is 2. The Bertz CT molecular complexity index is 2810. The average Bonchev–Trinajstić information content (AvgIpc) is 3.17. The van der Waals surface area contributed by atoms with Gasteiger partial charge in [0.1, 0.15) is 17.0 Å². The monoisotopic (exact) mass is 721 g/mol. The molecule has 0 saturated heterocycles. The number of carboxylic acid groups (broad SMARTS) is 2. The van der Waals surface area contributed by atoms with Crippen LogP contribution in [-0.2, 0) is 13.1 Å². The van der Waals surface area contributed by atoms with Crippen LogP contribution >= 0.6 is 11.6 Å². The van der Waals surface area contributed by atoms with Crippen molar-refractivity contribution in [3.63, 3.8) is 0 Å². The third kappa shape index (κ3) is 5.88. The Hall–Kier alpha value is -6.98. The van der Waals surface area contributed by atoms with Gasteiger partial charge >= 0.3 is 11.9 Å². The molecule has 11 nitrogen and oxygen atoms in total. The Balaban J connectivity index is 1.34. The molecule has 1 aliphatic carbocycles. The Labute approximate surface area is 305 Å². The fraction of sp³-hybridized carbons (Fsp3) is 0.0488. The maximum absolute atomic E-state index is 13.9. The molecule has 1 aliphatic heterocycles.